The quantitative estimate of drug-likeness (QED) is 0.155. The molecule has 0 bridgehead atoms. The van der Waals surface area contributed by atoms with Crippen LogP contribution in [0.3, 0.4) is 0 Å². The van der Waals surface area contributed by atoms with Gasteiger partial charge in [-0.25, -0.2) is 0 Å². The number of nitrogens with zero attached hydrogens (tertiary/aromatic N) is 1. The van der Waals surface area contributed by atoms with Gasteiger partial charge >= 0.3 is 0 Å². The molecule has 1 N–H and O–H groups in total. The van der Waals surface area contributed by atoms with Crippen molar-refractivity contribution in [1.29, 1.82) is 0 Å². The van der Waals surface area contributed by atoms with E-state index in [4.69, 9.17) is 0 Å². The first-order valence-electron chi connectivity index (χ1n) is 16.4. The second-order valence-corrected chi connectivity index (χ2v) is 12.8. The summed E-state index contributed by atoms with van der Waals surface area (Å²) in [4.78, 5) is 5.85. The van der Waals surface area contributed by atoms with Crippen molar-refractivity contribution in [1.82, 2.24) is 4.98 Å². The van der Waals surface area contributed by atoms with Crippen LogP contribution in [0.2, 0.25) is 0 Å². The summed E-state index contributed by atoms with van der Waals surface area (Å²) in [5, 5.41) is 0. The summed E-state index contributed by atoms with van der Waals surface area (Å²) in [7, 11) is 0. The van der Waals surface area contributed by atoms with Gasteiger partial charge in [0.15, 0.2) is 0 Å². The van der Waals surface area contributed by atoms with Crippen molar-refractivity contribution >= 4 is 11.4 Å². The normalized spacial score (nSPS) is 13.8. The molecule has 5 aromatic rings. The number of allylic oxidation sites excluding steroid dienone is 7. The lowest BCUT2D eigenvalue weighted by Crippen LogP contribution is -2.18. The number of nitrogens with one attached hydrogen (secondary N) is 1. The van der Waals surface area contributed by atoms with E-state index in [1.165, 1.54) is 55.8 Å². The highest BCUT2D eigenvalue weighted by Gasteiger charge is 2.36. The number of fused-ring (bicyclic) bond motifs is 3. The average Bonchev–Trinajstić information content (AvgIpc) is 3.66. The molecule has 2 nitrogen and oxygen atoms in total. The second kappa shape index (κ2) is 13.2. The van der Waals surface area contributed by atoms with Crippen molar-refractivity contribution in [3.8, 4) is 33.5 Å². The Balaban J connectivity index is 1.41. The van der Waals surface area contributed by atoms with Crippen molar-refractivity contribution in [3.63, 3.8) is 0 Å². The number of rotatable bonds is 10. The van der Waals surface area contributed by atoms with Gasteiger partial charge in [0.25, 0.3) is 0 Å². The van der Waals surface area contributed by atoms with Crippen molar-refractivity contribution in [2.45, 2.75) is 46.5 Å². The number of H-pyrrole nitrogens is 1. The van der Waals surface area contributed by atoms with Crippen molar-refractivity contribution < 1.29 is 0 Å². The van der Waals surface area contributed by atoms with E-state index in [2.05, 4.69) is 173 Å². The summed E-state index contributed by atoms with van der Waals surface area (Å²) in [6.07, 6.45) is 15.2. The highest BCUT2D eigenvalue weighted by molar-refractivity contribution is 5.83. The molecule has 1 heterocycles. The summed E-state index contributed by atoms with van der Waals surface area (Å²) < 4.78 is 0. The molecule has 0 saturated heterocycles. The first kappa shape index (κ1) is 31.6. The Kier molecular flexibility index (Phi) is 8.87. The Bertz CT molecular complexity index is 2040. The number of aromatic nitrogens is 1. The first-order chi connectivity index (χ1) is 22.8. The molecule has 0 spiro atoms. The van der Waals surface area contributed by atoms with Crippen LogP contribution in [0.4, 0.5) is 11.4 Å². The zero-order chi connectivity index (χ0) is 33.1. The first-order valence-corrected chi connectivity index (χ1v) is 16.4. The summed E-state index contributed by atoms with van der Waals surface area (Å²) in [5.74, 6) is 0. The van der Waals surface area contributed by atoms with E-state index >= 15 is 0 Å². The minimum atomic E-state index is -0.0866. The van der Waals surface area contributed by atoms with E-state index in [0.29, 0.717) is 0 Å². The molecule has 0 aliphatic heterocycles. The van der Waals surface area contributed by atoms with Crippen LogP contribution in [0.1, 0.15) is 49.4 Å². The molecule has 2 heteroatoms. The molecule has 0 fully saturated rings. The number of hydrogen-bond acceptors (Lipinski definition) is 1. The Hall–Kier alpha value is -5.34. The molecule has 0 atom stereocenters. The van der Waals surface area contributed by atoms with Gasteiger partial charge in [0.05, 0.1) is 0 Å². The summed E-state index contributed by atoms with van der Waals surface area (Å²) >= 11 is 0. The molecule has 0 unspecified atom stereocenters. The van der Waals surface area contributed by atoms with Crippen LogP contribution in [0.5, 0.6) is 0 Å². The Morgan fingerprint density at radius 2 is 1.49 bits per heavy atom. The third kappa shape index (κ3) is 6.00. The van der Waals surface area contributed by atoms with Crippen LogP contribution in [0, 0.1) is 13.8 Å². The standard InChI is InChI=1S/C45H44N2/c1-8-14-33(9-2)16-13-17-36(10-3)47(38-25-26-40-43(30-38)45(6,7)42-27-28-46-44(40)42)37-23-21-34(22-24-37)35-20-19-32(5)41(29-35)39-18-12-11-15-31(39)4/h8-15,17-30,46H,1-2,16H2,3-7H3/b17-13-,33-14+,36-10+. The maximum Gasteiger partial charge on any atom is 0.0498 e. The van der Waals surface area contributed by atoms with Gasteiger partial charge in [0, 0.05) is 39.9 Å². The van der Waals surface area contributed by atoms with E-state index < -0.39 is 0 Å². The summed E-state index contributed by atoms with van der Waals surface area (Å²) in [6, 6.07) is 33.5. The number of hydrogen-bond donors (Lipinski definition) is 1. The van der Waals surface area contributed by atoms with Crippen molar-refractivity contribution in [3.05, 3.63) is 180 Å². The fourth-order valence-electron chi connectivity index (χ4n) is 6.87. The van der Waals surface area contributed by atoms with E-state index in [1.54, 1.807) is 0 Å². The largest absolute Gasteiger partial charge is 0.361 e. The Labute approximate surface area is 280 Å². The fourth-order valence-corrected chi connectivity index (χ4v) is 6.87. The molecular weight excluding hydrogens is 569 g/mol. The number of anilines is 2. The molecular formula is C45H44N2. The van der Waals surface area contributed by atoms with E-state index in [1.807, 2.05) is 18.2 Å². The molecule has 1 aromatic heterocycles. The van der Waals surface area contributed by atoms with Gasteiger partial charge in [-0.05, 0) is 120 Å². The van der Waals surface area contributed by atoms with Crippen molar-refractivity contribution in [2.24, 2.45) is 0 Å². The average molecular weight is 613 g/mol. The maximum absolute atomic E-state index is 3.97. The van der Waals surface area contributed by atoms with Gasteiger partial charge in [-0.3, -0.25) is 0 Å². The molecule has 1 aliphatic carbocycles. The predicted octanol–water partition coefficient (Wildman–Crippen LogP) is 12.6. The lowest BCUT2D eigenvalue weighted by molar-refractivity contribution is 0.661. The Morgan fingerprint density at radius 1 is 0.766 bits per heavy atom. The lowest BCUT2D eigenvalue weighted by atomic mass is 9.83. The highest BCUT2D eigenvalue weighted by Crippen LogP contribution is 2.50. The zero-order valence-electron chi connectivity index (χ0n) is 28.3. The molecule has 4 aromatic carbocycles. The fraction of sp³-hybridized carbons (Fsp3) is 0.156. The predicted molar refractivity (Wildman–Crippen MR) is 203 cm³/mol. The van der Waals surface area contributed by atoms with Crippen LogP contribution in [-0.2, 0) is 5.41 Å². The van der Waals surface area contributed by atoms with E-state index in [0.717, 1.165) is 29.1 Å². The summed E-state index contributed by atoms with van der Waals surface area (Å²) in [5.41, 5.74) is 17.1. The molecule has 1 aliphatic rings. The minimum absolute atomic E-state index is 0.0866. The minimum Gasteiger partial charge on any atom is -0.361 e. The number of aromatic amines is 1. The third-order valence-electron chi connectivity index (χ3n) is 9.55. The van der Waals surface area contributed by atoms with Crippen LogP contribution >= 0.6 is 0 Å². The molecule has 0 radical (unpaired) electrons. The smallest absolute Gasteiger partial charge is 0.0498 e. The third-order valence-corrected chi connectivity index (χ3v) is 9.55. The SMILES string of the molecule is C=C/C=C(\C=C)C/C=C\C(=C/C)N(c1ccc(-c2ccc(C)c(-c3ccccc3C)c2)cc1)c1ccc2c(c1)C(C)(C)c1cc[nH]c1-2. The van der Waals surface area contributed by atoms with Crippen LogP contribution < -0.4 is 4.90 Å². The molecule has 47 heavy (non-hydrogen) atoms. The maximum atomic E-state index is 3.97. The highest BCUT2D eigenvalue weighted by atomic mass is 15.1. The van der Waals surface area contributed by atoms with Crippen LogP contribution in [0.15, 0.2) is 158 Å². The topological polar surface area (TPSA) is 19.0 Å². The van der Waals surface area contributed by atoms with Gasteiger partial charge in [0.1, 0.15) is 0 Å². The Morgan fingerprint density at radius 3 is 2.21 bits per heavy atom. The monoisotopic (exact) mass is 612 g/mol. The molecule has 234 valence electrons. The number of benzene rings is 4. The molecule has 6 rings (SSSR count). The van der Waals surface area contributed by atoms with Crippen LogP contribution in [-0.4, -0.2) is 4.98 Å². The molecule has 0 saturated carbocycles. The van der Waals surface area contributed by atoms with E-state index in [-0.39, 0.29) is 5.41 Å². The van der Waals surface area contributed by atoms with Crippen LogP contribution in [0.25, 0.3) is 33.5 Å². The van der Waals surface area contributed by atoms with Gasteiger partial charge in [0.2, 0.25) is 0 Å². The number of aryl methyl sites for hydroxylation is 2. The van der Waals surface area contributed by atoms with Crippen molar-refractivity contribution in [2.75, 3.05) is 4.90 Å². The lowest BCUT2D eigenvalue weighted by Gasteiger charge is -2.29. The summed E-state index contributed by atoms with van der Waals surface area (Å²) in [6.45, 7) is 19.0. The van der Waals surface area contributed by atoms with Gasteiger partial charge < -0.3 is 9.88 Å². The van der Waals surface area contributed by atoms with Gasteiger partial charge in [-0.1, -0.05) is 112 Å². The zero-order valence-corrected chi connectivity index (χ0v) is 28.3. The van der Waals surface area contributed by atoms with E-state index in [9.17, 15) is 0 Å². The van der Waals surface area contributed by atoms with Gasteiger partial charge in [-0.2, -0.15) is 0 Å². The second-order valence-electron chi connectivity index (χ2n) is 12.8. The van der Waals surface area contributed by atoms with Gasteiger partial charge in [-0.15, -0.1) is 0 Å². The molecule has 0 amide bonds.